The molecular weight excluding hydrogens is 270 g/mol. The number of rotatable bonds is 3. The molecule has 4 rings (SSSR count). The van der Waals surface area contributed by atoms with E-state index in [1.807, 2.05) is 34.0 Å². The van der Waals surface area contributed by atoms with Gasteiger partial charge in [-0.2, -0.15) is 5.10 Å². The van der Waals surface area contributed by atoms with Crippen LogP contribution in [0.3, 0.4) is 0 Å². The number of fused-ring (bicyclic) bond motifs is 1. The minimum Gasteiger partial charge on any atom is -0.459 e. The van der Waals surface area contributed by atoms with Crippen molar-refractivity contribution in [1.29, 1.82) is 0 Å². The summed E-state index contributed by atoms with van der Waals surface area (Å²) in [6, 6.07) is 0. The number of carbonyl (C=O) groups is 1. The predicted molar refractivity (Wildman–Crippen MR) is 76.3 cm³/mol. The molecule has 0 aromatic carbocycles. The fourth-order valence-corrected chi connectivity index (χ4v) is 3.52. The number of hydrogen-bond donors (Lipinski definition) is 1. The van der Waals surface area contributed by atoms with Crippen molar-refractivity contribution < 1.29 is 14.3 Å². The molecule has 2 aliphatic heterocycles. The third-order valence-corrected chi connectivity index (χ3v) is 4.35. The highest BCUT2D eigenvalue weighted by Gasteiger charge is 2.72. The van der Waals surface area contributed by atoms with Crippen molar-refractivity contribution in [2.45, 2.75) is 50.9 Å². The van der Waals surface area contributed by atoms with E-state index >= 15 is 0 Å². The number of nitrogens with two attached hydrogens (primary N) is 1. The van der Waals surface area contributed by atoms with Crippen LogP contribution >= 0.6 is 0 Å². The van der Waals surface area contributed by atoms with Crippen LogP contribution in [-0.4, -0.2) is 33.5 Å². The number of aryl methyl sites for hydroxylation is 1. The Kier molecular flexibility index (Phi) is 2.98. The van der Waals surface area contributed by atoms with Crippen molar-refractivity contribution in [3.8, 4) is 0 Å². The third-order valence-electron chi connectivity index (χ3n) is 4.35. The molecule has 6 heteroatoms. The second-order valence-corrected chi connectivity index (χ2v) is 7.34. The Morgan fingerprint density at radius 1 is 1.57 bits per heavy atom. The average Bonchev–Trinajstić information content (AvgIpc) is 2.95. The molecule has 6 nitrogen and oxygen atoms in total. The first-order valence-corrected chi connectivity index (χ1v) is 7.30. The highest BCUT2D eigenvalue weighted by Crippen LogP contribution is 2.67. The summed E-state index contributed by atoms with van der Waals surface area (Å²) in [6.07, 6.45) is 4.59. The Labute approximate surface area is 124 Å². The summed E-state index contributed by atoms with van der Waals surface area (Å²) in [5.41, 5.74) is 5.25. The first kappa shape index (κ1) is 14.5. The highest BCUT2D eigenvalue weighted by molar-refractivity contribution is 5.81. The van der Waals surface area contributed by atoms with Crippen molar-refractivity contribution in [3.63, 3.8) is 0 Å². The molecule has 1 saturated carbocycles. The van der Waals surface area contributed by atoms with Crippen LogP contribution in [0.2, 0.25) is 0 Å². The van der Waals surface area contributed by atoms with Gasteiger partial charge in [-0.1, -0.05) is 0 Å². The zero-order chi connectivity index (χ0) is 15.5. The zero-order valence-corrected chi connectivity index (χ0v) is 13.0. The van der Waals surface area contributed by atoms with Gasteiger partial charge in [0.25, 0.3) is 0 Å². The van der Waals surface area contributed by atoms with Crippen molar-refractivity contribution in [1.82, 2.24) is 9.78 Å². The largest absolute Gasteiger partial charge is 0.459 e. The molecule has 3 fully saturated rings. The maximum Gasteiger partial charge on any atom is 0.315 e. The highest BCUT2D eigenvalue weighted by atomic mass is 16.6. The average molecular weight is 293 g/mol. The van der Waals surface area contributed by atoms with Crippen LogP contribution in [0.4, 0.5) is 0 Å². The van der Waals surface area contributed by atoms with Gasteiger partial charge >= 0.3 is 5.97 Å². The lowest BCUT2D eigenvalue weighted by atomic mass is 9.59. The number of aromatic nitrogens is 2. The normalized spacial score (nSPS) is 34.6. The van der Waals surface area contributed by atoms with Crippen LogP contribution < -0.4 is 5.73 Å². The topological polar surface area (TPSA) is 79.4 Å². The quantitative estimate of drug-likeness (QED) is 0.850. The smallest absolute Gasteiger partial charge is 0.315 e. The standard InChI is InChI=1S/C15H23N3O3/c1-13(2,3)21-12(19)15-7-14(8-15,9-16)20-11(15)10-5-17-18(4)6-10/h5-6,11H,7-9,16H2,1-4H3. The molecule has 3 aliphatic rings. The van der Waals surface area contributed by atoms with Crippen molar-refractivity contribution in [2.75, 3.05) is 6.54 Å². The number of esters is 1. The molecular formula is C15H23N3O3. The first-order chi connectivity index (χ1) is 9.70. The molecule has 0 radical (unpaired) electrons. The summed E-state index contributed by atoms with van der Waals surface area (Å²) in [7, 11) is 1.85. The van der Waals surface area contributed by atoms with E-state index in [-0.39, 0.29) is 17.7 Å². The lowest BCUT2D eigenvalue weighted by Crippen LogP contribution is -2.54. The fraction of sp³-hybridized carbons (Fsp3) is 0.733. The van der Waals surface area contributed by atoms with Crippen LogP contribution in [0.25, 0.3) is 0 Å². The van der Waals surface area contributed by atoms with Gasteiger partial charge in [-0.25, -0.2) is 0 Å². The molecule has 2 saturated heterocycles. The summed E-state index contributed by atoms with van der Waals surface area (Å²) < 4.78 is 13.5. The number of nitrogens with zero attached hydrogens (tertiary/aromatic N) is 2. The van der Waals surface area contributed by atoms with Gasteiger partial charge in [-0.05, 0) is 33.6 Å². The molecule has 1 atom stereocenters. The maximum atomic E-state index is 12.7. The predicted octanol–water partition coefficient (Wildman–Crippen LogP) is 1.31. The minimum atomic E-state index is -0.615. The second-order valence-electron chi connectivity index (χ2n) is 7.34. The van der Waals surface area contributed by atoms with E-state index in [1.165, 1.54) is 0 Å². The van der Waals surface area contributed by atoms with Crippen molar-refractivity contribution in [3.05, 3.63) is 18.0 Å². The first-order valence-electron chi connectivity index (χ1n) is 7.30. The van der Waals surface area contributed by atoms with Crippen LogP contribution in [-0.2, 0) is 21.3 Å². The molecule has 1 aromatic heterocycles. The molecule has 1 aliphatic carbocycles. The fourth-order valence-electron chi connectivity index (χ4n) is 3.52. The number of hydrogen-bond acceptors (Lipinski definition) is 5. The molecule has 21 heavy (non-hydrogen) atoms. The minimum absolute atomic E-state index is 0.189. The number of carbonyl (C=O) groups excluding carboxylic acids is 1. The Morgan fingerprint density at radius 2 is 2.24 bits per heavy atom. The third kappa shape index (κ3) is 2.17. The maximum absolute atomic E-state index is 12.7. The Morgan fingerprint density at radius 3 is 2.71 bits per heavy atom. The lowest BCUT2D eigenvalue weighted by molar-refractivity contribution is -0.173. The van der Waals surface area contributed by atoms with Crippen molar-refractivity contribution >= 4 is 5.97 Å². The van der Waals surface area contributed by atoms with Crippen LogP contribution in [0.1, 0.15) is 45.3 Å². The van der Waals surface area contributed by atoms with E-state index in [9.17, 15) is 4.79 Å². The molecule has 3 heterocycles. The van der Waals surface area contributed by atoms with E-state index in [1.54, 1.807) is 10.9 Å². The summed E-state index contributed by atoms with van der Waals surface area (Å²) >= 11 is 0. The van der Waals surface area contributed by atoms with Gasteiger partial charge in [-0.15, -0.1) is 0 Å². The Balaban J connectivity index is 1.90. The molecule has 2 N–H and O–H groups in total. The van der Waals surface area contributed by atoms with Crippen LogP contribution in [0.15, 0.2) is 12.4 Å². The van der Waals surface area contributed by atoms with Crippen LogP contribution in [0.5, 0.6) is 0 Å². The summed E-state index contributed by atoms with van der Waals surface area (Å²) in [6.45, 7) is 6.07. The molecule has 1 unspecified atom stereocenters. The van der Waals surface area contributed by atoms with E-state index < -0.39 is 11.0 Å². The zero-order valence-electron chi connectivity index (χ0n) is 13.0. The molecule has 1 aromatic rings. The Bertz CT molecular complexity index is 567. The van der Waals surface area contributed by atoms with Gasteiger partial charge in [0.2, 0.25) is 0 Å². The monoisotopic (exact) mass is 293 g/mol. The molecule has 0 spiro atoms. The van der Waals surface area contributed by atoms with Gasteiger partial charge in [0, 0.05) is 25.4 Å². The second kappa shape index (κ2) is 4.30. The molecule has 116 valence electrons. The number of ether oxygens (including phenoxy) is 2. The van der Waals surface area contributed by atoms with Gasteiger partial charge in [0.05, 0.1) is 11.8 Å². The van der Waals surface area contributed by atoms with Gasteiger partial charge in [0.15, 0.2) is 0 Å². The van der Waals surface area contributed by atoms with Crippen molar-refractivity contribution in [2.24, 2.45) is 18.2 Å². The molecule has 2 bridgehead atoms. The van der Waals surface area contributed by atoms with E-state index in [4.69, 9.17) is 15.2 Å². The van der Waals surface area contributed by atoms with E-state index in [0.29, 0.717) is 19.4 Å². The lowest BCUT2D eigenvalue weighted by Gasteiger charge is -2.43. The summed E-state index contributed by atoms with van der Waals surface area (Å²) in [5.74, 6) is -0.189. The van der Waals surface area contributed by atoms with Gasteiger partial charge < -0.3 is 15.2 Å². The molecule has 0 amide bonds. The van der Waals surface area contributed by atoms with Crippen LogP contribution in [0, 0.1) is 5.41 Å². The van der Waals surface area contributed by atoms with E-state index in [0.717, 1.165) is 5.56 Å². The summed E-state index contributed by atoms with van der Waals surface area (Å²) in [5, 5.41) is 4.18. The van der Waals surface area contributed by atoms with E-state index in [2.05, 4.69) is 5.10 Å². The SMILES string of the molecule is Cn1cc(C2OC3(CN)CC2(C(=O)OC(C)(C)C)C3)cn1. The van der Waals surface area contributed by atoms with Gasteiger partial charge in [-0.3, -0.25) is 9.48 Å². The Hall–Kier alpha value is -1.40. The summed E-state index contributed by atoms with van der Waals surface area (Å²) in [4.78, 5) is 12.7. The van der Waals surface area contributed by atoms with Gasteiger partial charge in [0.1, 0.15) is 17.1 Å².